The van der Waals surface area contributed by atoms with Crippen molar-refractivity contribution in [1.82, 2.24) is 20.4 Å². The number of nitrogens with zero attached hydrogens (tertiary/aromatic N) is 3. The van der Waals surface area contributed by atoms with Gasteiger partial charge in [0.25, 0.3) is 5.91 Å². The molecule has 1 aliphatic rings. The Morgan fingerprint density at radius 1 is 1.38 bits per heavy atom. The summed E-state index contributed by atoms with van der Waals surface area (Å²) in [4.78, 5) is 13.1. The van der Waals surface area contributed by atoms with E-state index < -0.39 is 0 Å². The van der Waals surface area contributed by atoms with Crippen molar-refractivity contribution in [3.05, 3.63) is 17.8 Å². The molecule has 0 unspecified atom stereocenters. The molecule has 0 atom stereocenters. The molecule has 0 saturated carbocycles. The molecule has 0 aliphatic carbocycles. The van der Waals surface area contributed by atoms with Gasteiger partial charge in [-0.1, -0.05) is 0 Å². The summed E-state index contributed by atoms with van der Waals surface area (Å²) in [5, 5.41) is 14.4. The molecule has 7 nitrogen and oxygen atoms in total. The largest absolute Gasteiger partial charge is 0.376 e. The minimum absolute atomic E-state index is 0.150. The molecule has 2 N–H and O–H groups in total. The highest BCUT2D eigenvalue weighted by Gasteiger charge is 2.13. The fourth-order valence-electron chi connectivity index (χ4n) is 2.14. The summed E-state index contributed by atoms with van der Waals surface area (Å²) in [7, 11) is 3.38. The molecule has 21 heavy (non-hydrogen) atoms. The Kier molecular flexibility index (Phi) is 5.89. The van der Waals surface area contributed by atoms with E-state index in [1.54, 1.807) is 26.2 Å². The lowest BCUT2D eigenvalue weighted by molar-refractivity contribution is 0.0394. The van der Waals surface area contributed by atoms with E-state index in [1.165, 1.54) is 4.90 Å². The van der Waals surface area contributed by atoms with Gasteiger partial charge >= 0.3 is 0 Å². The van der Waals surface area contributed by atoms with E-state index >= 15 is 0 Å². The van der Waals surface area contributed by atoms with Gasteiger partial charge in [0.1, 0.15) is 5.82 Å². The van der Waals surface area contributed by atoms with Gasteiger partial charge in [-0.3, -0.25) is 4.79 Å². The Labute approximate surface area is 125 Å². The predicted molar refractivity (Wildman–Crippen MR) is 80.4 cm³/mol. The molecule has 1 aromatic heterocycles. The van der Waals surface area contributed by atoms with Crippen LogP contribution in [0.3, 0.4) is 0 Å². The zero-order valence-electron chi connectivity index (χ0n) is 12.6. The first-order chi connectivity index (χ1) is 10.2. The third-order valence-corrected chi connectivity index (χ3v) is 3.34. The van der Waals surface area contributed by atoms with Gasteiger partial charge in [-0.15, -0.1) is 10.2 Å². The van der Waals surface area contributed by atoms with Crippen LogP contribution in [0.5, 0.6) is 0 Å². The van der Waals surface area contributed by atoms with Crippen LogP contribution in [0.4, 0.5) is 5.82 Å². The van der Waals surface area contributed by atoms with Crippen LogP contribution in [0.15, 0.2) is 12.1 Å². The Morgan fingerprint density at radius 2 is 2.14 bits per heavy atom. The lowest BCUT2D eigenvalue weighted by Crippen LogP contribution is -2.33. The van der Waals surface area contributed by atoms with Gasteiger partial charge in [0, 0.05) is 20.6 Å². The molecule has 1 aromatic rings. The van der Waals surface area contributed by atoms with Gasteiger partial charge < -0.3 is 20.3 Å². The maximum absolute atomic E-state index is 11.7. The van der Waals surface area contributed by atoms with Gasteiger partial charge in [-0.25, -0.2) is 0 Å². The molecule has 0 spiro atoms. The van der Waals surface area contributed by atoms with Crippen molar-refractivity contribution in [3.8, 4) is 0 Å². The van der Waals surface area contributed by atoms with E-state index in [2.05, 4.69) is 20.8 Å². The van der Waals surface area contributed by atoms with Crippen LogP contribution in [-0.4, -0.2) is 67.4 Å². The average Bonchev–Trinajstić information content (AvgIpc) is 2.52. The minimum Gasteiger partial charge on any atom is -0.376 e. The van der Waals surface area contributed by atoms with Crippen LogP contribution in [0.1, 0.15) is 23.3 Å². The minimum atomic E-state index is -0.150. The number of hydrogen-bond acceptors (Lipinski definition) is 6. The third-order valence-electron chi connectivity index (χ3n) is 3.34. The number of aromatic nitrogens is 2. The number of amides is 1. The first-order valence-corrected chi connectivity index (χ1v) is 7.28. The second-order valence-electron chi connectivity index (χ2n) is 5.25. The Morgan fingerprint density at radius 3 is 2.76 bits per heavy atom. The van der Waals surface area contributed by atoms with Gasteiger partial charge in [-0.2, -0.15) is 0 Å². The van der Waals surface area contributed by atoms with Crippen LogP contribution in [-0.2, 0) is 4.74 Å². The van der Waals surface area contributed by atoms with Gasteiger partial charge in [-0.05, 0) is 38.1 Å². The van der Waals surface area contributed by atoms with Crippen molar-refractivity contribution < 1.29 is 9.53 Å². The summed E-state index contributed by atoms with van der Waals surface area (Å²) in [6, 6.07) is 3.43. The quantitative estimate of drug-likeness (QED) is 0.737. The molecular formula is C14H23N5O2. The number of ether oxygens (including phenoxy) is 1. The first-order valence-electron chi connectivity index (χ1n) is 7.28. The number of carbonyl (C=O) groups is 1. The molecule has 1 fully saturated rings. The molecule has 0 radical (unpaired) electrons. The Bertz CT molecular complexity index is 443. The maximum Gasteiger partial charge on any atom is 0.273 e. The van der Waals surface area contributed by atoms with Crippen molar-refractivity contribution in [2.24, 2.45) is 0 Å². The zero-order valence-corrected chi connectivity index (χ0v) is 12.6. The van der Waals surface area contributed by atoms with E-state index in [0.717, 1.165) is 25.9 Å². The lowest BCUT2D eigenvalue weighted by atomic mass is 10.1. The van der Waals surface area contributed by atoms with Crippen LogP contribution < -0.4 is 10.6 Å². The summed E-state index contributed by atoms with van der Waals surface area (Å²) in [6.07, 6.45) is 2.50. The number of carbonyl (C=O) groups excluding carboxylic acids is 1. The molecule has 1 aliphatic heterocycles. The molecule has 0 bridgehead atoms. The fourth-order valence-corrected chi connectivity index (χ4v) is 2.14. The molecule has 116 valence electrons. The smallest absolute Gasteiger partial charge is 0.273 e. The summed E-state index contributed by atoms with van der Waals surface area (Å²) in [6.45, 7) is 3.39. The van der Waals surface area contributed by atoms with Gasteiger partial charge in [0.15, 0.2) is 5.69 Å². The normalized spacial score (nSPS) is 15.7. The SMILES string of the molecule is CN(C)C(=O)c1ccc(NCCOC2CCNCC2)nn1. The van der Waals surface area contributed by atoms with Gasteiger partial charge in [0.2, 0.25) is 0 Å². The number of nitrogens with one attached hydrogen (secondary N) is 2. The molecule has 1 amide bonds. The van der Waals surface area contributed by atoms with Crippen molar-refractivity contribution in [2.45, 2.75) is 18.9 Å². The van der Waals surface area contributed by atoms with Crippen LogP contribution in [0.25, 0.3) is 0 Å². The number of piperidine rings is 1. The zero-order chi connectivity index (χ0) is 15.1. The molecular weight excluding hydrogens is 270 g/mol. The van der Waals surface area contributed by atoms with E-state index in [-0.39, 0.29) is 5.91 Å². The molecule has 2 rings (SSSR count). The molecule has 1 saturated heterocycles. The maximum atomic E-state index is 11.7. The number of rotatable bonds is 6. The highest BCUT2D eigenvalue weighted by molar-refractivity contribution is 5.91. The second kappa shape index (κ2) is 7.90. The van der Waals surface area contributed by atoms with Gasteiger partial charge in [0.05, 0.1) is 12.7 Å². The Hall–Kier alpha value is -1.73. The highest BCUT2D eigenvalue weighted by atomic mass is 16.5. The number of hydrogen-bond donors (Lipinski definition) is 2. The van der Waals surface area contributed by atoms with Crippen molar-refractivity contribution in [3.63, 3.8) is 0 Å². The predicted octanol–water partition coefficient (Wildman–Crippen LogP) is 0.359. The van der Waals surface area contributed by atoms with E-state index in [9.17, 15) is 4.79 Å². The fraction of sp³-hybridized carbons (Fsp3) is 0.643. The van der Waals surface area contributed by atoms with Crippen LogP contribution in [0.2, 0.25) is 0 Å². The van der Waals surface area contributed by atoms with Crippen LogP contribution in [0, 0.1) is 0 Å². The third kappa shape index (κ3) is 4.95. The van der Waals surface area contributed by atoms with E-state index in [4.69, 9.17) is 4.74 Å². The topological polar surface area (TPSA) is 79.4 Å². The van der Waals surface area contributed by atoms with E-state index in [1.807, 2.05) is 0 Å². The van der Waals surface area contributed by atoms with Crippen molar-refractivity contribution in [2.75, 3.05) is 45.7 Å². The average molecular weight is 293 g/mol. The monoisotopic (exact) mass is 293 g/mol. The van der Waals surface area contributed by atoms with Crippen LogP contribution >= 0.6 is 0 Å². The highest BCUT2D eigenvalue weighted by Crippen LogP contribution is 2.07. The Balaban J connectivity index is 1.69. The lowest BCUT2D eigenvalue weighted by Gasteiger charge is -2.22. The van der Waals surface area contributed by atoms with E-state index in [0.29, 0.717) is 30.8 Å². The molecule has 7 heteroatoms. The van der Waals surface area contributed by atoms with Crippen molar-refractivity contribution in [1.29, 1.82) is 0 Å². The second-order valence-corrected chi connectivity index (χ2v) is 5.25. The van der Waals surface area contributed by atoms with Crippen molar-refractivity contribution >= 4 is 11.7 Å². The standard InChI is InChI=1S/C14H23N5O2/c1-19(2)14(20)12-3-4-13(18-17-12)16-9-10-21-11-5-7-15-8-6-11/h3-4,11,15H,5-10H2,1-2H3,(H,16,18). The molecule has 0 aromatic carbocycles. The molecule has 2 heterocycles. The summed E-state index contributed by atoms with van der Waals surface area (Å²) >= 11 is 0. The number of anilines is 1. The summed E-state index contributed by atoms with van der Waals surface area (Å²) in [5.74, 6) is 0.502. The summed E-state index contributed by atoms with van der Waals surface area (Å²) < 4.78 is 5.79. The first kappa shape index (κ1) is 15.7. The summed E-state index contributed by atoms with van der Waals surface area (Å²) in [5.41, 5.74) is 0.344.